The molecular weight excluding hydrogens is 380 g/mol. The van der Waals surface area contributed by atoms with Gasteiger partial charge in [-0.05, 0) is 36.1 Å². The molecule has 2 rings (SSSR count). The van der Waals surface area contributed by atoms with Gasteiger partial charge in [-0.25, -0.2) is 0 Å². The van der Waals surface area contributed by atoms with Crippen molar-refractivity contribution in [3.05, 3.63) is 54.6 Å². The number of hydrogen-bond donors (Lipinski definition) is 2. The minimum Gasteiger partial charge on any atom is -0.355 e. The first-order chi connectivity index (χ1) is 12.2. The van der Waals surface area contributed by atoms with Crippen LogP contribution in [-0.2, 0) is 9.59 Å². The Morgan fingerprint density at radius 2 is 1.60 bits per heavy atom. The van der Waals surface area contributed by atoms with Gasteiger partial charge in [0, 0.05) is 18.7 Å². The fourth-order valence-electron chi connectivity index (χ4n) is 2.49. The van der Waals surface area contributed by atoms with E-state index in [1.54, 1.807) is 0 Å². The maximum atomic E-state index is 12.1. The quantitative estimate of drug-likeness (QED) is 0.483. The molecule has 25 heavy (non-hydrogen) atoms. The lowest BCUT2D eigenvalue weighted by Crippen LogP contribution is -2.25. The summed E-state index contributed by atoms with van der Waals surface area (Å²) in [7, 11) is 0. The number of alkyl halides is 1. The van der Waals surface area contributed by atoms with Gasteiger partial charge in [0.25, 0.3) is 0 Å². The van der Waals surface area contributed by atoms with Crippen LogP contribution in [0.2, 0.25) is 0 Å². The number of rotatable bonds is 9. The lowest BCUT2D eigenvalue weighted by atomic mass is 10.1. The van der Waals surface area contributed by atoms with Crippen LogP contribution in [-0.4, -0.2) is 23.7 Å². The summed E-state index contributed by atoms with van der Waals surface area (Å²) < 4.78 is 0. The van der Waals surface area contributed by atoms with Crippen LogP contribution >= 0.6 is 15.9 Å². The number of unbranched alkanes of at least 4 members (excludes halogenated alkanes) is 2. The minimum absolute atomic E-state index is 0.00367. The zero-order chi connectivity index (χ0) is 17.9. The second-order valence-corrected chi connectivity index (χ2v) is 6.35. The zero-order valence-corrected chi connectivity index (χ0v) is 15.7. The molecule has 0 bridgehead atoms. The van der Waals surface area contributed by atoms with Crippen molar-refractivity contribution in [3.63, 3.8) is 0 Å². The van der Waals surface area contributed by atoms with Crippen LogP contribution in [0.4, 0.5) is 5.69 Å². The fourth-order valence-corrected chi connectivity index (χ4v) is 2.69. The number of nitrogens with one attached hydrogen (secondary N) is 2. The Morgan fingerprint density at radius 1 is 0.840 bits per heavy atom. The number of carbonyl (C=O) groups excluding carboxylic acids is 2. The first kappa shape index (κ1) is 19.2. The molecule has 0 aliphatic rings. The second-order valence-electron chi connectivity index (χ2n) is 5.79. The van der Waals surface area contributed by atoms with E-state index in [2.05, 4.69) is 38.7 Å². The normalized spacial score (nSPS) is 10.3. The molecule has 0 spiro atoms. The summed E-state index contributed by atoms with van der Waals surface area (Å²) in [5, 5.41) is 6.08. The number of halogens is 1. The standard InChI is InChI=1S/C20H23BrN2O2/c21-15-20(25)22-13-6-2-5-12-19(24)23-18-11-7-10-17(14-18)16-8-3-1-4-9-16/h1,3-4,7-11,14H,2,5-6,12-13,15H2,(H,22,25)(H,23,24). The average Bonchev–Trinajstić information content (AvgIpc) is 2.65. The summed E-state index contributed by atoms with van der Waals surface area (Å²) in [5.74, 6) is 0.0192. The number of hydrogen-bond acceptors (Lipinski definition) is 2. The molecule has 0 aliphatic heterocycles. The van der Waals surface area contributed by atoms with Crippen LogP contribution in [0.5, 0.6) is 0 Å². The Morgan fingerprint density at radius 3 is 2.36 bits per heavy atom. The molecule has 0 aromatic heterocycles. The zero-order valence-electron chi connectivity index (χ0n) is 14.1. The van der Waals surface area contributed by atoms with Crippen LogP contribution in [0.25, 0.3) is 11.1 Å². The van der Waals surface area contributed by atoms with Crippen molar-refractivity contribution in [2.24, 2.45) is 0 Å². The topological polar surface area (TPSA) is 58.2 Å². The van der Waals surface area contributed by atoms with E-state index in [0.29, 0.717) is 18.3 Å². The maximum absolute atomic E-state index is 12.1. The highest BCUT2D eigenvalue weighted by atomic mass is 79.9. The molecule has 4 nitrogen and oxygen atoms in total. The summed E-state index contributed by atoms with van der Waals surface area (Å²) in [4.78, 5) is 23.1. The van der Waals surface area contributed by atoms with Gasteiger partial charge in [-0.1, -0.05) is 64.8 Å². The molecule has 0 radical (unpaired) electrons. The largest absolute Gasteiger partial charge is 0.355 e. The van der Waals surface area contributed by atoms with Crippen LogP contribution in [0.15, 0.2) is 54.6 Å². The molecule has 2 amide bonds. The molecule has 2 aromatic carbocycles. The Balaban J connectivity index is 1.73. The van der Waals surface area contributed by atoms with Crippen molar-refractivity contribution < 1.29 is 9.59 Å². The van der Waals surface area contributed by atoms with E-state index in [4.69, 9.17) is 0 Å². The van der Waals surface area contributed by atoms with Crippen molar-refractivity contribution in [3.8, 4) is 11.1 Å². The second kappa shape index (κ2) is 10.7. The van der Waals surface area contributed by atoms with Crippen LogP contribution in [0, 0.1) is 0 Å². The summed E-state index contributed by atoms with van der Waals surface area (Å²) in [6, 6.07) is 18.0. The SMILES string of the molecule is O=C(CBr)NCCCCCC(=O)Nc1cccc(-c2ccccc2)c1. The molecule has 0 atom stereocenters. The highest BCUT2D eigenvalue weighted by Crippen LogP contribution is 2.22. The third-order valence-corrected chi connectivity index (χ3v) is 4.29. The Hall–Kier alpha value is -2.14. The summed E-state index contributed by atoms with van der Waals surface area (Å²) in [6.07, 6.45) is 3.10. The smallest absolute Gasteiger partial charge is 0.230 e. The van der Waals surface area contributed by atoms with E-state index in [9.17, 15) is 9.59 Å². The molecule has 0 aliphatic carbocycles. The Labute approximate surface area is 157 Å². The van der Waals surface area contributed by atoms with Gasteiger partial charge < -0.3 is 10.6 Å². The van der Waals surface area contributed by atoms with E-state index in [1.807, 2.05) is 42.5 Å². The third kappa shape index (κ3) is 7.10. The third-order valence-electron chi connectivity index (χ3n) is 3.78. The maximum Gasteiger partial charge on any atom is 0.230 e. The van der Waals surface area contributed by atoms with Gasteiger partial charge in [0.1, 0.15) is 0 Å². The monoisotopic (exact) mass is 402 g/mol. The fraction of sp³-hybridized carbons (Fsp3) is 0.300. The van der Waals surface area contributed by atoms with Crippen LogP contribution in [0.1, 0.15) is 25.7 Å². The average molecular weight is 403 g/mol. The predicted molar refractivity (Wildman–Crippen MR) is 106 cm³/mol. The number of anilines is 1. The molecule has 0 saturated carbocycles. The van der Waals surface area contributed by atoms with E-state index in [0.717, 1.165) is 36.1 Å². The molecule has 2 aromatic rings. The van der Waals surface area contributed by atoms with Crippen LogP contribution < -0.4 is 10.6 Å². The van der Waals surface area contributed by atoms with Crippen LogP contribution in [0.3, 0.4) is 0 Å². The van der Waals surface area contributed by atoms with E-state index in [-0.39, 0.29) is 11.8 Å². The summed E-state index contributed by atoms with van der Waals surface area (Å²) in [6.45, 7) is 0.658. The van der Waals surface area contributed by atoms with Gasteiger partial charge in [-0.15, -0.1) is 0 Å². The first-order valence-electron chi connectivity index (χ1n) is 8.47. The minimum atomic E-state index is -0.00367. The molecule has 0 fully saturated rings. The van der Waals surface area contributed by atoms with Gasteiger partial charge in [0.05, 0.1) is 5.33 Å². The van der Waals surface area contributed by atoms with Crippen molar-refractivity contribution >= 4 is 33.4 Å². The highest BCUT2D eigenvalue weighted by molar-refractivity contribution is 9.09. The summed E-state index contributed by atoms with van der Waals surface area (Å²) >= 11 is 3.10. The van der Waals surface area contributed by atoms with Gasteiger partial charge in [0.2, 0.25) is 11.8 Å². The molecule has 0 saturated heterocycles. The van der Waals surface area contributed by atoms with Gasteiger partial charge in [-0.2, -0.15) is 0 Å². The number of carbonyl (C=O) groups is 2. The summed E-state index contributed by atoms with van der Waals surface area (Å²) in [5.41, 5.74) is 3.03. The van der Waals surface area contributed by atoms with E-state index in [1.165, 1.54) is 0 Å². The van der Waals surface area contributed by atoms with E-state index >= 15 is 0 Å². The number of benzene rings is 2. The molecule has 0 unspecified atom stereocenters. The van der Waals surface area contributed by atoms with Crippen molar-refractivity contribution in [2.75, 3.05) is 17.2 Å². The highest BCUT2D eigenvalue weighted by Gasteiger charge is 2.04. The molecular formula is C20H23BrN2O2. The number of amides is 2. The predicted octanol–water partition coefficient (Wildman–Crippen LogP) is 4.36. The first-order valence-corrected chi connectivity index (χ1v) is 9.59. The van der Waals surface area contributed by atoms with Gasteiger partial charge in [0.15, 0.2) is 0 Å². The Kier molecular flexibility index (Phi) is 8.19. The molecule has 2 N–H and O–H groups in total. The van der Waals surface area contributed by atoms with E-state index < -0.39 is 0 Å². The van der Waals surface area contributed by atoms with Gasteiger partial charge >= 0.3 is 0 Å². The molecule has 0 heterocycles. The Bertz CT molecular complexity index is 689. The molecule has 5 heteroatoms. The lowest BCUT2D eigenvalue weighted by molar-refractivity contribution is -0.118. The van der Waals surface area contributed by atoms with Crippen molar-refractivity contribution in [2.45, 2.75) is 25.7 Å². The van der Waals surface area contributed by atoms with Gasteiger partial charge in [-0.3, -0.25) is 9.59 Å². The molecule has 132 valence electrons. The lowest BCUT2D eigenvalue weighted by Gasteiger charge is -2.08. The van der Waals surface area contributed by atoms with Crippen molar-refractivity contribution in [1.82, 2.24) is 5.32 Å². The van der Waals surface area contributed by atoms with Crippen molar-refractivity contribution in [1.29, 1.82) is 0 Å².